The lowest BCUT2D eigenvalue weighted by atomic mass is 9.89. The van der Waals surface area contributed by atoms with Gasteiger partial charge in [-0.25, -0.2) is 0 Å². The molecule has 1 saturated heterocycles. The van der Waals surface area contributed by atoms with Crippen LogP contribution in [0.5, 0.6) is 0 Å². The summed E-state index contributed by atoms with van der Waals surface area (Å²) in [5, 5.41) is 48.0. The maximum atomic E-state index is 14.1. The van der Waals surface area contributed by atoms with Crippen LogP contribution in [0.25, 0.3) is 0 Å². The van der Waals surface area contributed by atoms with E-state index in [1.807, 2.05) is 0 Å². The molecule has 7 nitrogen and oxygen atoms in total. The van der Waals surface area contributed by atoms with Gasteiger partial charge in [0.2, 0.25) is 0 Å². The number of hydrogen-bond donors (Lipinski definition) is 5. The lowest BCUT2D eigenvalue weighted by molar-refractivity contribution is -0.453. The van der Waals surface area contributed by atoms with E-state index in [4.69, 9.17) is 4.74 Å². The van der Waals surface area contributed by atoms with Crippen molar-refractivity contribution in [1.82, 2.24) is 4.90 Å². The van der Waals surface area contributed by atoms with E-state index in [9.17, 15) is 91.4 Å². The van der Waals surface area contributed by atoms with E-state index in [1.165, 1.54) is 0 Å². The van der Waals surface area contributed by atoms with Crippen LogP contribution in [-0.4, -0.2) is 129 Å². The molecule has 0 aromatic heterocycles. The van der Waals surface area contributed by atoms with Crippen LogP contribution < -0.4 is 0 Å². The first-order valence-electron chi connectivity index (χ1n) is 10.7. The Kier molecular flexibility index (Phi) is 10.5. The maximum absolute atomic E-state index is 14.1. The van der Waals surface area contributed by atoms with Crippen molar-refractivity contribution < 1.29 is 96.1 Å². The largest absolute Gasteiger partial charge is 0.460 e. The number of rotatable bonds is 12. The molecule has 0 saturated carbocycles. The monoisotopic (exact) mass is 633 g/mol. The van der Waals surface area contributed by atoms with Crippen LogP contribution in [0.3, 0.4) is 0 Å². The average molecular weight is 633 g/mol. The van der Waals surface area contributed by atoms with Crippen molar-refractivity contribution in [3.05, 3.63) is 0 Å². The average Bonchev–Trinajstić information content (AvgIpc) is 2.78. The number of aliphatic hydroxyl groups is 5. The summed E-state index contributed by atoms with van der Waals surface area (Å²) < 4.78 is 204. The molecule has 240 valence electrons. The van der Waals surface area contributed by atoms with Gasteiger partial charge >= 0.3 is 41.7 Å². The van der Waals surface area contributed by atoms with Gasteiger partial charge in [0.05, 0.1) is 6.10 Å². The molecule has 0 aromatic rings. The number of likely N-dealkylation sites (N-methyl/N-ethyl adjacent to an activating group) is 1. The second-order valence-electron chi connectivity index (χ2n) is 8.82. The summed E-state index contributed by atoms with van der Waals surface area (Å²) in [5.41, 5.74) is 0. The van der Waals surface area contributed by atoms with Crippen LogP contribution in [0.4, 0.5) is 65.9 Å². The van der Waals surface area contributed by atoms with E-state index in [-0.39, 0.29) is 0 Å². The van der Waals surface area contributed by atoms with E-state index < -0.39 is 105 Å². The molecule has 5 N–H and O–H groups in total. The Morgan fingerprint density at radius 3 is 1.50 bits per heavy atom. The van der Waals surface area contributed by atoms with Gasteiger partial charge < -0.3 is 30.3 Å². The highest BCUT2D eigenvalue weighted by atomic mass is 19.4. The predicted molar refractivity (Wildman–Crippen MR) is 97.4 cm³/mol. The molecule has 22 heteroatoms. The van der Waals surface area contributed by atoms with Gasteiger partial charge in [-0.05, 0) is 6.54 Å². The Hall–Kier alpha value is -1.33. The molecule has 1 heterocycles. The SMILES string of the molecule is CCN(CC(O)CC(F)(F)C(F)(F)C(F)(F)C(F)(F)C(F)(F)C(F)(F)C(F)(F)F)C[C@H]1OC(O)[C@H](O)[C@@H](O)[C@H]1O. The molecule has 1 aliphatic heterocycles. The molecule has 1 aliphatic rings. The summed E-state index contributed by atoms with van der Waals surface area (Å²) in [6.45, 7) is -1.31. The van der Waals surface area contributed by atoms with Crippen molar-refractivity contribution in [3.63, 3.8) is 0 Å². The first-order chi connectivity index (χ1) is 17.5. The van der Waals surface area contributed by atoms with Crippen LogP contribution in [0.15, 0.2) is 0 Å². The normalized spacial score (nSPS) is 27.3. The van der Waals surface area contributed by atoms with E-state index in [0.29, 0.717) is 4.90 Å². The van der Waals surface area contributed by atoms with Gasteiger partial charge in [0.25, 0.3) is 0 Å². The first-order valence-corrected chi connectivity index (χ1v) is 10.7. The molecule has 1 fully saturated rings. The molecular formula is C18H22F15NO6. The fourth-order valence-corrected chi connectivity index (χ4v) is 3.45. The highest BCUT2D eigenvalue weighted by molar-refractivity contribution is 5.13. The van der Waals surface area contributed by atoms with Crippen molar-refractivity contribution in [2.45, 2.75) is 91.9 Å². The van der Waals surface area contributed by atoms with Crippen LogP contribution in [0.1, 0.15) is 13.3 Å². The van der Waals surface area contributed by atoms with Crippen molar-refractivity contribution >= 4 is 0 Å². The first kappa shape index (κ1) is 36.7. The third-order valence-corrected chi connectivity index (χ3v) is 5.93. The lowest BCUT2D eigenvalue weighted by Gasteiger charge is -2.42. The van der Waals surface area contributed by atoms with Gasteiger partial charge in [0.15, 0.2) is 6.29 Å². The van der Waals surface area contributed by atoms with Crippen molar-refractivity contribution in [3.8, 4) is 0 Å². The summed E-state index contributed by atoms with van der Waals surface area (Å²) in [6.07, 6.45) is -23.5. The van der Waals surface area contributed by atoms with Gasteiger partial charge in [-0.2, -0.15) is 65.9 Å². The number of alkyl halides is 15. The van der Waals surface area contributed by atoms with Gasteiger partial charge in [-0.1, -0.05) is 6.92 Å². The number of aliphatic hydroxyl groups excluding tert-OH is 5. The number of nitrogens with zero attached hydrogens (tertiary/aromatic N) is 1. The Morgan fingerprint density at radius 1 is 0.650 bits per heavy atom. The zero-order valence-corrected chi connectivity index (χ0v) is 19.6. The molecule has 0 aromatic carbocycles. The standard InChI is InChI=1S/C18H22F15NO6/c1-2-34(5-7-8(36)9(37)10(38)11(39)40-7)4-6(35)3-12(19,20)13(21,22)14(23,24)15(25,26)16(27,28)17(29,30)18(31,32)33/h6-11,35-39H,2-5H2,1H3/t6?,7-,8+,9+,10-,11?/m1/s1. The van der Waals surface area contributed by atoms with Gasteiger partial charge in [-0.15, -0.1) is 0 Å². The third-order valence-electron chi connectivity index (χ3n) is 5.93. The molecule has 1 rings (SSSR count). The number of halogens is 15. The van der Waals surface area contributed by atoms with E-state index >= 15 is 0 Å². The quantitative estimate of drug-likeness (QED) is 0.210. The topological polar surface area (TPSA) is 114 Å². The number of hydrogen-bond acceptors (Lipinski definition) is 7. The molecule has 0 spiro atoms. The van der Waals surface area contributed by atoms with E-state index in [1.54, 1.807) is 0 Å². The van der Waals surface area contributed by atoms with E-state index in [2.05, 4.69) is 0 Å². The minimum absolute atomic E-state index is 0.396. The Balaban J connectivity index is 3.18. The Labute approximate surface area is 213 Å². The Morgan fingerprint density at radius 2 is 1.07 bits per heavy atom. The minimum atomic E-state index is -8.44. The highest BCUT2D eigenvalue weighted by Crippen LogP contribution is 2.62. The molecule has 0 aliphatic carbocycles. The predicted octanol–water partition coefficient (Wildman–Crippen LogP) is 2.23. The van der Waals surface area contributed by atoms with E-state index in [0.717, 1.165) is 6.92 Å². The molecule has 2 unspecified atom stereocenters. The molecule has 0 radical (unpaired) electrons. The second kappa shape index (κ2) is 11.4. The molecule has 0 amide bonds. The Bertz CT molecular complexity index is 858. The fraction of sp³-hybridized carbons (Fsp3) is 1.00. The summed E-state index contributed by atoms with van der Waals surface area (Å²) >= 11 is 0. The van der Waals surface area contributed by atoms with Gasteiger partial charge in [0, 0.05) is 19.5 Å². The van der Waals surface area contributed by atoms with Gasteiger partial charge in [-0.3, -0.25) is 4.90 Å². The second-order valence-corrected chi connectivity index (χ2v) is 8.82. The third kappa shape index (κ3) is 6.07. The molecular weight excluding hydrogens is 611 g/mol. The number of ether oxygens (including phenoxy) is 1. The van der Waals surface area contributed by atoms with Crippen molar-refractivity contribution in [2.75, 3.05) is 19.6 Å². The van der Waals surface area contributed by atoms with Crippen molar-refractivity contribution in [1.29, 1.82) is 0 Å². The van der Waals surface area contributed by atoms with Crippen LogP contribution in [0, 0.1) is 0 Å². The van der Waals surface area contributed by atoms with Crippen LogP contribution in [-0.2, 0) is 4.74 Å². The molecule has 0 bridgehead atoms. The maximum Gasteiger partial charge on any atom is 0.460 e. The molecule has 40 heavy (non-hydrogen) atoms. The summed E-state index contributed by atoms with van der Waals surface area (Å²) in [5.74, 6) is -47.6. The smallest absolute Gasteiger partial charge is 0.392 e. The summed E-state index contributed by atoms with van der Waals surface area (Å²) in [6, 6.07) is 0. The van der Waals surface area contributed by atoms with Gasteiger partial charge in [0.1, 0.15) is 24.4 Å². The highest BCUT2D eigenvalue weighted by Gasteiger charge is 2.93. The zero-order chi connectivity index (χ0) is 32.1. The van der Waals surface area contributed by atoms with Crippen molar-refractivity contribution in [2.24, 2.45) is 0 Å². The summed E-state index contributed by atoms with van der Waals surface area (Å²) in [4.78, 5) is 0.703. The fourth-order valence-electron chi connectivity index (χ4n) is 3.45. The minimum Gasteiger partial charge on any atom is -0.392 e. The van der Waals surface area contributed by atoms with Crippen LogP contribution >= 0.6 is 0 Å². The summed E-state index contributed by atoms with van der Waals surface area (Å²) in [7, 11) is 0. The lowest BCUT2D eigenvalue weighted by Crippen LogP contribution is -2.72. The van der Waals surface area contributed by atoms with Crippen LogP contribution in [0.2, 0.25) is 0 Å². The zero-order valence-electron chi connectivity index (χ0n) is 19.6. The molecule has 6 atom stereocenters.